The van der Waals surface area contributed by atoms with E-state index in [9.17, 15) is 4.79 Å². The van der Waals surface area contributed by atoms with E-state index in [1.54, 1.807) is 21.3 Å². The molecule has 0 atom stereocenters. The monoisotopic (exact) mass is 296 g/mol. The van der Waals surface area contributed by atoms with Crippen LogP contribution in [0.1, 0.15) is 5.56 Å². The van der Waals surface area contributed by atoms with E-state index in [4.69, 9.17) is 14.2 Å². The molecule has 1 aromatic rings. The van der Waals surface area contributed by atoms with Crippen LogP contribution in [0.2, 0.25) is 0 Å². The number of hydrogen-bond donors (Lipinski definition) is 2. The number of carbonyl (C=O) groups is 1. The van der Waals surface area contributed by atoms with Crippen LogP contribution in [0.15, 0.2) is 18.2 Å². The first-order chi connectivity index (χ1) is 10.2. The highest BCUT2D eigenvalue weighted by Gasteiger charge is 2.05. The Balaban J connectivity index is 2.30. The zero-order valence-corrected chi connectivity index (χ0v) is 12.9. The minimum absolute atomic E-state index is 0.0217. The summed E-state index contributed by atoms with van der Waals surface area (Å²) in [5, 5.41) is 5.85. The highest BCUT2D eigenvalue weighted by atomic mass is 16.5. The zero-order chi connectivity index (χ0) is 15.5. The van der Waals surface area contributed by atoms with Gasteiger partial charge in [-0.1, -0.05) is 6.07 Å². The maximum absolute atomic E-state index is 11.6. The third kappa shape index (κ3) is 6.46. The van der Waals surface area contributed by atoms with Gasteiger partial charge in [0.1, 0.15) is 0 Å². The van der Waals surface area contributed by atoms with Crippen LogP contribution >= 0.6 is 0 Å². The van der Waals surface area contributed by atoms with Crippen LogP contribution in [0.5, 0.6) is 11.5 Å². The molecule has 0 heterocycles. The molecule has 1 amide bonds. The summed E-state index contributed by atoms with van der Waals surface area (Å²) in [7, 11) is 4.84. The molecular weight excluding hydrogens is 272 g/mol. The summed E-state index contributed by atoms with van der Waals surface area (Å²) >= 11 is 0. The van der Waals surface area contributed by atoms with Crippen molar-refractivity contribution in [2.45, 2.75) is 6.42 Å². The number of hydrogen-bond acceptors (Lipinski definition) is 5. The van der Waals surface area contributed by atoms with Gasteiger partial charge in [0.15, 0.2) is 11.5 Å². The van der Waals surface area contributed by atoms with E-state index >= 15 is 0 Å². The minimum Gasteiger partial charge on any atom is -0.493 e. The molecule has 0 aliphatic rings. The molecule has 0 fully saturated rings. The Labute approximate surface area is 125 Å². The van der Waals surface area contributed by atoms with Crippen LogP contribution in [-0.2, 0) is 16.0 Å². The smallest absolute Gasteiger partial charge is 0.233 e. The van der Waals surface area contributed by atoms with Gasteiger partial charge in [-0.05, 0) is 24.1 Å². The van der Waals surface area contributed by atoms with Gasteiger partial charge in [-0.2, -0.15) is 0 Å². The van der Waals surface area contributed by atoms with Crippen molar-refractivity contribution in [3.63, 3.8) is 0 Å². The van der Waals surface area contributed by atoms with Crippen molar-refractivity contribution in [2.75, 3.05) is 47.6 Å². The van der Waals surface area contributed by atoms with E-state index in [1.807, 2.05) is 18.2 Å². The Morgan fingerprint density at radius 3 is 2.52 bits per heavy atom. The molecule has 0 spiro atoms. The second-order valence-corrected chi connectivity index (χ2v) is 4.46. The average Bonchev–Trinajstić information content (AvgIpc) is 2.51. The standard InChI is InChI=1S/C15H24N2O4/c1-19-9-8-16-11-15(18)17-7-6-12-4-5-13(20-2)14(10-12)21-3/h4-5,10,16H,6-9,11H2,1-3H3,(H,17,18). The van der Waals surface area contributed by atoms with Crippen molar-refractivity contribution in [1.82, 2.24) is 10.6 Å². The number of rotatable bonds is 10. The van der Waals surface area contributed by atoms with Gasteiger partial charge in [0.2, 0.25) is 5.91 Å². The Hall–Kier alpha value is -1.79. The molecule has 1 rings (SSSR count). The summed E-state index contributed by atoms with van der Waals surface area (Å²) in [6.45, 7) is 2.15. The molecule has 118 valence electrons. The van der Waals surface area contributed by atoms with Gasteiger partial charge in [-0.25, -0.2) is 0 Å². The molecule has 0 aliphatic heterocycles. The first kappa shape index (κ1) is 17.3. The topological polar surface area (TPSA) is 68.8 Å². The van der Waals surface area contributed by atoms with Gasteiger partial charge >= 0.3 is 0 Å². The maximum Gasteiger partial charge on any atom is 0.233 e. The lowest BCUT2D eigenvalue weighted by molar-refractivity contribution is -0.120. The molecule has 6 nitrogen and oxygen atoms in total. The summed E-state index contributed by atoms with van der Waals surface area (Å²) in [6, 6.07) is 5.74. The summed E-state index contributed by atoms with van der Waals surface area (Å²) in [4.78, 5) is 11.6. The number of ether oxygens (including phenoxy) is 3. The van der Waals surface area contributed by atoms with Crippen molar-refractivity contribution >= 4 is 5.91 Å². The third-order valence-electron chi connectivity index (χ3n) is 2.95. The maximum atomic E-state index is 11.6. The Morgan fingerprint density at radius 2 is 1.86 bits per heavy atom. The lowest BCUT2D eigenvalue weighted by Gasteiger charge is -2.10. The van der Waals surface area contributed by atoms with E-state index in [0.29, 0.717) is 37.7 Å². The predicted molar refractivity (Wildman–Crippen MR) is 81.0 cm³/mol. The van der Waals surface area contributed by atoms with Crippen LogP contribution in [0.3, 0.4) is 0 Å². The molecule has 0 saturated heterocycles. The van der Waals surface area contributed by atoms with Crippen LogP contribution in [0.4, 0.5) is 0 Å². The number of carbonyl (C=O) groups excluding carboxylic acids is 1. The fourth-order valence-electron chi connectivity index (χ4n) is 1.82. The second-order valence-electron chi connectivity index (χ2n) is 4.46. The van der Waals surface area contributed by atoms with Crippen LogP contribution in [0.25, 0.3) is 0 Å². The molecule has 0 saturated carbocycles. The summed E-state index contributed by atoms with van der Waals surface area (Å²) in [6.07, 6.45) is 0.740. The number of methoxy groups -OCH3 is 3. The first-order valence-corrected chi connectivity index (χ1v) is 6.88. The largest absolute Gasteiger partial charge is 0.493 e. The highest BCUT2D eigenvalue weighted by molar-refractivity contribution is 5.77. The van der Waals surface area contributed by atoms with Gasteiger partial charge in [0, 0.05) is 20.2 Å². The van der Waals surface area contributed by atoms with E-state index < -0.39 is 0 Å². The Bertz CT molecular complexity index is 438. The Kier molecular flexibility index (Phi) is 8.23. The van der Waals surface area contributed by atoms with Crippen molar-refractivity contribution < 1.29 is 19.0 Å². The number of benzene rings is 1. The minimum atomic E-state index is -0.0217. The summed E-state index contributed by atoms with van der Waals surface area (Å²) in [5.74, 6) is 1.38. The van der Waals surface area contributed by atoms with Crippen molar-refractivity contribution in [3.8, 4) is 11.5 Å². The van der Waals surface area contributed by atoms with Crippen molar-refractivity contribution in [2.24, 2.45) is 0 Å². The van der Waals surface area contributed by atoms with Gasteiger partial charge in [0.25, 0.3) is 0 Å². The SMILES string of the molecule is COCCNCC(=O)NCCc1ccc(OC)c(OC)c1. The second kappa shape index (κ2) is 10.0. The molecule has 1 aromatic carbocycles. The summed E-state index contributed by atoms with van der Waals surface area (Å²) in [5.41, 5.74) is 1.08. The molecule has 0 radical (unpaired) electrons. The molecule has 6 heteroatoms. The van der Waals surface area contributed by atoms with Gasteiger partial charge in [-0.3, -0.25) is 4.79 Å². The Morgan fingerprint density at radius 1 is 1.10 bits per heavy atom. The van der Waals surface area contributed by atoms with Gasteiger partial charge in [0.05, 0.1) is 27.4 Å². The first-order valence-electron chi connectivity index (χ1n) is 6.88. The van der Waals surface area contributed by atoms with E-state index in [-0.39, 0.29) is 5.91 Å². The van der Waals surface area contributed by atoms with Crippen molar-refractivity contribution in [1.29, 1.82) is 0 Å². The van der Waals surface area contributed by atoms with Crippen molar-refractivity contribution in [3.05, 3.63) is 23.8 Å². The number of amides is 1. The lowest BCUT2D eigenvalue weighted by Crippen LogP contribution is -2.36. The fourth-order valence-corrected chi connectivity index (χ4v) is 1.82. The van der Waals surface area contributed by atoms with Crippen LogP contribution in [-0.4, -0.2) is 53.5 Å². The van der Waals surface area contributed by atoms with Gasteiger partial charge < -0.3 is 24.8 Å². The summed E-state index contributed by atoms with van der Waals surface area (Å²) < 4.78 is 15.3. The quantitative estimate of drug-likeness (QED) is 0.619. The van der Waals surface area contributed by atoms with E-state index in [1.165, 1.54) is 0 Å². The number of nitrogens with one attached hydrogen (secondary N) is 2. The van der Waals surface area contributed by atoms with Crippen LogP contribution in [0, 0.1) is 0 Å². The van der Waals surface area contributed by atoms with E-state index in [2.05, 4.69) is 10.6 Å². The van der Waals surface area contributed by atoms with Crippen LogP contribution < -0.4 is 20.1 Å². The molecular formula is C15H24N2O4. The molecule has 0 aromatic heterocycles. The van der Waals surface area contributed by atoms with E-state index in [0.717, 1.165) is 12.0 Å². The third-order valence-corrected chi connectivity index (χ3v) is 2.95. The normalized spacial score (nSPS) is 10.2. The van der Waals surface area contributed by atoms with Gasteiger partial charge in [-0.15, -0.1) is 0 Å². The zero-order valence-electron chi connectivity index (χ0n) is 12.9. The fraction of sp³-hybridized carbons (Fsp3) is 0.533. The molecule has 0 unspecified atom stereocenters. The lowest BCUT2D eigenvalue weighted by atomic mass is 10.1. The molecule has 0 aliphatic carbocycles. The molecule has 21 heavy (non-hydrogen) atoms. The predicted octanol–water partition coefficient (Wildman–Crippen LogP) is 0.599. The highest BCUT2D eigenvalue weighted by Crippen LogP contribution is 2.27. The average molecular weight is 296 g/mol. The molecule has 0 bridgehead atoms. The molecule has 2 N–H and O–H groups in total.